The van der Waals surface area contributed by atoms with Crippen LogP contribution in [0.15, 0.2) is 18.3 Å². The predicted molar refractivity (Wildman–Crippen MR) is 73.3 cm³/mol. The summed E-state index contributed by atoms with van der Waals surface area (Å²) in [6.07, 6.45) is 2.59. The lowest BCUT2D eigenvalue weighted by Crippen LogP contribution is -2.33. The van der Waals surface area contributed by atoms with Crippen LogP contribution in [0.25, 0.3) is 0 Å². The molecule has 1 saturated heterocycles. The van der Waals surface area contributed by atoms with Crippen LogP contribution in [-0.4, -0.2) is 47.8 Å². The fourth-order valence-corrected chi connectivity index (χ4v) is 2.27. The number of aromatic nitrogens is 1. The van der Waals surface area contributed by atoms with Crippen molar-refractivity contribution in [1.82, 2.24) is 9.88 Å². The van der Waals surface area contributed by atoms with E-state index >= 15 is 0 Å². The highest BCUT2D eigenvalue weighted by Crippen LogP contribution is 2.15. The summed E-state index contributed by atoms with van der Waals surface area (Å²) in [6.45, 7) is 6.27. The van der Waals surface area contributed by atoms with E-state index in [0.717, 1.165) is 31.9 Å². The van der Waals surface area contributed by atoms with Gasteiger partial charge >= 0.3 is 0 Å². The standard InChI is InChI=1S/C14H19N3O2/c1-11(18)13-4-5-15-14(10-13)17-7-3-6-16(8-9-17)12(2)19/h4-5,10H,3,6-9H2,1-2H3. The topological polar surface area (TPSA) is 53.5 Å². The second kappa shape index (κ2) is 5.82. The summed E-state index contributed by atoms with van der Waals surface area (Å²) >= 11 is 0. The Balaban J connectivity index is 2.12. The van der Waals surface area contributed by atoms with Crippen molar-refractivity contribution in [3.8, 4) is 0 Å². The highest BCUT2D eigenvalue weighted by molar-refractivity contribution is 5.94. The van der Waals surface area contributed by atoms with E-state index in [4.69, 9.17) is 0 Å². The van der Waals surface area contributed by atoms with Gasteiger partial charge in [-0.3, -0.25) is 9.59 Å². The molecule has 0 atom stereocenters. The van der Waals surface area contributed by atoms with E-state index in [1.54, 1.807) is 26.1 Å². The van der Waals surface area contributed by atoms with Crippen LogP contribution in [0.4, 0.5) is 5.82 Å². The quantitative estimate of drug-likeness (QED) is 0.754. The van der Waals surface area contributed by atoms with Crippen LogP contribution in [0.2, 0.25) is 0 Å². The molecule has 1 aromatic rings. The van der Waals surface area contributed by atoms with Gasteiger partial charge in [0, 0.05) is 44.9 Å². The molecule has 1 aliphatic rings. The second-order valence-corrected chi connectivity index (χ2v) is 4.81. The van der Waals surface area contributed by atoms with Crippen molar-refractivity contribution < 1.29 is 9.59 Å². The molecule has 0 bridgehead atoms. The van der Waals surface area contributed by atoms with Crippen LogP contribution >= 0.6 is 0 Å². The van der Waals surface area contributed by atoms with Crippen molar-refractivity contribution >= 4 is 17.5 Å². The van der Waals surface area contributed by atoms with Crippen molar-refractivity contribution in [2.24, 2.45) is 0 Å². The number of hydrogen-bond donors (Lipinski definition) is 0. The summed E-state index contributed by atoms with van der Waals surface area (Å²) in [6, 6.07) is 3.55. The number of carbonyl (C=O) groups is 2. The maximum Gasteiger partial charge on any atom is 0.219 e. The van der Waals surface area contributed by atoms with Crippen LogP contribution in [0.3, 0.4) is 0 Å². The number of Topliss-reactive ketones (excluding diaryl/α,β-unsaturated/α-hetero) is 1. The SMILES string of the molecule is CC(=O)c1ccnc(N2CCCN(C(C)=O)CC2)c1. The van der Waals surface area contributed by atoms with Crippen LogP contribution in [0, 0.1) is 0 Å². The molecule has 1 aliphatic heterocycles. The third-order valence-corrected chi connectivity index (χ3v) is 3.42. The molecule has 0 unspecified atom stereocenters. The largest absolute Gasteiger partial charge is 0.355 e. The molecule has 0 saturated carbocycles. The van der Waals surface area contributed by atoms with Gasteiger partial charge in [0.1, 0.15) is 5.82 Å². The lowest BCUT2D eigenvalue weighted by Gasteiger charge is -2.22. The van der Waals surface area contributed by atoms with Gasteiger partial charge in [-0.1, -0.05) is 0 Å². The van der Waals surface area contributed by atoms with E-state index in [9.17, 15) is 9.59 Å². The smallest absolute Gasteiger partial charge is 0.219 e. The first-order valence-corrected chi connectivity index (χ1v) is 6.55. The van der Waals surface area contributed by atoms with E-state index < -0.39 is 0 Å². The van der Waals surface area contributed by atoms with Crippen LogP contribution < -0.4 is 4.90 Å². The summed E-state index contributed by atoms with van der Waals surface area (Å²) < 4.78 is 0. The van der Waals surface area contributed by atoms with Gasteiger partial charge in [0.15, 0.2) is 5.78 Å². The molecule has 0 aliphatic carbocycles. The molecule has 19 heavy (non-hydrogen) atoms. The van der Waals surface area contributed by atoms with E-state index in [-0.39, 0.29) is 11.7 Å². The second-order valence-electron chi connectivity index (χ2n) is 4.81. The van der Waals surface area contributed by atoms with Gasteiger partial charge in [0.05, 0.1) is 0 Å². The van der Waals surface area contributed by atoms with Crippen LogP contribution in [0.1, 0.15) is 30.6 Å². The number of rotatable bonds is 2. The first kappa shape index (κ1) is 13.5. The fourth-order valence-electron chi connectivity index (χ4n) is 2.27. The average molecular weight is 261 g/mol. The van der Waals surface area contributed by atoms with Crippen molar-refractivity contribution in [1.29, 1.82) is 0 Å². The Bertz CT molecular complexity index is 487. The fraction of sp³-hybridized carbons (Fsp3) is 0.500. The highest BCUT2D eigenvalue weighted by atomic mass is 16.2. The zero-order chi connectivity index (χ0) is 13.8. The molecular formula is C14H19N3O2. The van der Waals surface area contributed by atoms with E-state index in [1.165, 1.54) is 0 Å². The van der Waals surface area contributed by atoms with E-state index in [1.807, 2.05) is 11.0 Å². The molecule has 5 heteroatoms. The molecule has 0 radical (unpaired) electrons. The summed E-state index contributed by atoms with van der Waals surface area (Å²) in [5, 5.41) is 0. The Labute approximate surface area is 113 Å². The molecule has 2 rings (SSSR count). The number of amides is 1. The zero-order valence-corrected chi connectivity index (χ0v) is 11.4. The Morgan fingerprint density at radius 1 is 1.16 bits per heavy atom. The number of hydrogen-bond acceptors (Lipinski definition) is 4. The van der Waals surface area contributed by atoms with Crippen molar-refractivity contribution in [3.05, 3.63) is 23.9 Å². The first-order chi connectivity index (χ1) is 9.08. The lowest BCUT2D eigenvalue weighted by molar-refractivity contribution is -0.128. The molecule has 0 N–H and O–H groups in total. The summed E-state index contributed by atoms with van der Waals surface area (Å²) in [5.41, 5.74) is 0.678. The first-order valence-electron chi connectivity index (χ1n) is 6.55. The van der Waals surface area contributed by atoms with Gasteiger partial charge in [-0.15, -0.1) is 0 Å². The summed E-state index contributed by atoms with van der Waals surface area (Å²) in [4.78, 5) is 31.1. The Kier molecular flexibility index (Phi) is 4.14. The Morgan fingerprint density at radius 3 is 2.63 bits per heavy atom. The number of ketones is 1. The summed E-state index contributed by atoms with van der Waals surface area (Å²) in [7, 11) is 0. The Hall–Kier alpha value is -1.91. The number of nitrogens with zero attached hydrogens (tertiary/aromatic N) is 3. The summed E-state index contributed by atoms with van der Waals surface area (Å²) in [5.74, 6) is 0.981. The van der Waals surface area contributed by atoms with Gasteiger partial charge in [0.2, 0.25) is 5.91 Å². The predicted octanol–water partition coefficient (Wildman–Crippen LogP) is 1.34. The number of pyridine rings is 1. The van der Waals surface area contributed by atoms with Gasteiger partial charge in [-0.05, 0) is 25.5 Å². The molecule has 0 aromatic carbocycles. The molecule has 2 heterocycles. The van der Waals surface area contributed by atoms with Crippen LogP contribution in [-0.2, 0) is 4.79 Å². The minimum absolute atomic E-state index is 0.0452. The van der Waals surface area contributed by atoms with Gasteiger partial charge in [-0.2, -0.15) is 0 Å². The van der Waals surface area contributed by atoms with Crippen LogP contribution in [0.5, 0.6) is 0 Å². The van der Waals surface area contributed by atoms with E-state index in [2.05, 4.69) is 9.88 Å². The molecule has 102 valence electrons. The maximum atomic E-state index is 11.4. The van der Waals surface area contributed by atoms with Gasteiger partial charge in [-0.25, -0.2) is 4.98 Å². The third kappa shape index (κ3) is 3.30. The molecular weight excluding hydrogens is 242 g/mol. The zero-order valence-electron chi connectivity index (χ0n) is 11.4. The monoisotopic (exact) mass is 261 g/mol. The molecule has 1 aromatic heterocycles. The average Bonchev–Trinajstić information content (AvgIpc) is 2.64. The number of anilines is 1. The van der Waals surface area contributed by atoms with Crippen molar-refractivity contribution in [3.63, 3.8) is 0 Å². The van der Waals surface area contributed by atoms with Crippen molar-refractivity contribution in [2.75, 3.05) is 31.1 Å². The molecule has 1 fully saturated rings. The minimum atomic E-state index is 0.0452. The van der Waals surface area contributed by atoms with Crippen molar-refractivity contribution in [2.45, 2.75) is 20.3 Å². The minimum Gasteiger partial charge on any atom is -0.355 e. The normalized spacial score (nSPS) is 16.1. The number of carbonyl (C=O) groups excluding carboxylic acids is 2. The highest BCUT2D eigenvalue weighted by Gasteiger charge is 2.17. The molecule has 5 nitrogen and oxygen atoms in total. The Morgan fingerprint density at radius 2 is 1.95 bits per heavy atom. The van der Waals surface area contributed by atoms with Gasteiger partial charge < -0.3 is 9.80 Å². The van der Waals surface area contributed by atoms with Gasteiger partial charge in [0.25, 0.3) is 0 Å². The molecule has 0 spiro atoms. The lowest BCUT2D eigenvalue weighted by atomic mass is 10.2. The third-order valence-electron chi connectivity index (χ3n) is 3.42. The molecule has 1 amide bonds. The van der Waals surface area contributed by atoms with E-state index in [0.29, 0.717) is 12.1 Å². The maximum absolute atomic E-state index is 11.4.